The summed E-state index contributed by atoms with van der Waals surface area (Å²) >= 11 is 1.92. The molecule has 1 aliphatic heterocycles. The van der Waals surface area contributed by atoms with E-state index in [0.717, 1.165) is 42.2 Å². The highest BCUT2D eigenvalue weighted by atomic mass is 32.2. The highest BCUT2D eigenvalue weighted by molar-refractivity contribution is 7.99. The second-order valence-corrected chi connectivity index (χ2v) is 7.33. The van der Waals surface area contributed by atoms with E-state index in [2.05, 4.69) is 22.1 Å². The molecule has 1 saturated heterocycles. The number of amides is 2. The summed E-state index contributed by atoms with van der Waals surface area (Å²) in [5, 5.41) is 14.2. The van der Waals surface area contributed by atoms with Crippen LogP contribution >= 0.6 is 11.8 Å². The largest absolute Gasteiger partial charge is 0.355 e. The molecule has 3 rings (SSSR count). The summed E-state index contributed by atoms with van der Waals surface area (Å²) in [6.07, 6.45) is 6.61. The molecule has 1 aliphatic carbocycles. The number of carbonyl (C=O) groups excluding carboxylic acids is 1. The van der Waals surface area contributed by atoms with E-state index in [4.69, 9.17) is 5.41 Å². The molecule has 25 heavy (non-hydrogen) atoms. The average molecular weight is 355 g/mol. The monoisotopic (exact) mass is 355 g/mol. The van der Waals surface area contributed by atoms with Gasteiger partial charge in [-0.15, -0.1) is 0 Å². The molecule has 1 unspecified atom stereocenters. The van der Waals surface area contributed by atoms with Gasteiger partial charge in [-0.1, -0.05) is 12.1 Å². The molecule has 0 aromatic heterocycles. The molecule has 0 saturated carbocycles. The Bertz CT molecular complexity index is 694. The van der Waals surface area contributed by atoms with Crippen molar-refractivity contribution in [3.05, 3.63) is 60.6 Å². The molecule has 1 fully saturated rings. The molecule has 3 N–H and O–H groups in total. The van der Waals surface area contributed by atoms with Crippen LogP contribution in [0.3, 0.4) is 0 Å². The van der Waals surface area contributed by atoms with Crippen LogP contribution in [0.1, 0.15) is 12.0 Å². The van der Waals surface area contributed by atoms with Crippen molar-refractivity contribution in [2.75, 3.05) is 29.9 Å². The lowest BCUT2D eigenvalue weighted by Gasteiger charge is -2.28. The van der Waals surface area contributed by atoms with E-state index in [1.54, 1.807) is 0 Å². The summed E-state index contributed by atoms with van der Waals surface area (Å²) in [5.74, 6) is 2.63. The van der Waals surface area contributed by atoms with Gasteiger partial charge in [0.15, 0.2) is 0 Å². The highest BCUT2D eigenvalue weighted by Crippen LogP contribution is 2.17. The van der Waals surface area contributed by atoms with Crippen LogP contribution in [-0.4, -0.2) is 47.4 Å². The number of amidine groups is 1. The lowest BCUT2D eigenvalue weighted by atomic mass is 9.99. The Morgan fingerprint density at radius 2 is 2.16 bits per heavy atom. The quantitative estimate of drug-likeness (QED) is 0.443. The van der Waals surface area contributed by atoms with Crippen LogP contribution in [0.5, 0.6) is 0 Å². The zero-order chi connectivity index (χ0) is 17.6. The maximum atomic E-state index is 12.2. The van der Waals surface area contributed by atoms with Crippen LogP contribution in [0.25, 0.3) is 0 Å². The summed E-state index contributed by atoms with van der Waals surface area (Å²) in [5.41, 5.74) is 2.49. The van der Waals surface area contributed by atoms with Crippen molar-refractivity contribution < 1.29 is 4.79 Å². The standard InChI is InChI=1S/C19H22N4OS/c1-14-5-7-16(8-6-14)21-19(24)22-17-4-2-3-15(13-17)18(20)23-9-11-25-12-10-23/h2-7,13,16,20H,1,8-12H2,(H-,21,22,24)/p+1. The van der Waals surface area contributed by atoms with E-state index in [9.17, 15) is 4.79 Å². The number of urea groups is 1. The van der Waals surface area contributed by atoms with Crippen LogP contribution < -0.4 is 10.6 Å². The molecule has 1 aromatic rings. The molecule has 1 heterocycles. The van der Waals surface area contributed by atoms with Crippen molar-refractivity contribution in [1.29, 1.82) is 5.41 Å². The number of carbonyl (C=O) groups is 1. The summed E-state index contributed by atoms with van der Waals surface area (Å²) in [4.78, 5) is 14.3. The second-order valence-electron chi connectivity index (χ2n) is 6.11. The van der Waals surface area contributed by atoms with Gasteiger partial charge in [-0.05, 0) is 18.2 Å². The maximum Gasteiger partial charge on any atom is 0.319 e. The van der Waals surface area contributed by atoms with Gasteiger partial charge in [0.05, 0.1) is 6.04 Å². The minimum atomic E-state index is -0.242. The van der Waals surface area contributed by atoms with E-state index in [-0.39, 0.29) is 12.1 Å². The lowest BCUT2D eigenvalue weighted by Crippen LogP contribution is -2.38. The van der Waals surface area contributed by atoms with Crippen molar-refractivity contribution in [3.8, 4) is 0 Å². The Balaban J connectivity index is 1.59. The first-order chi connectivity index (χ1) is 12.1. The second kappa shape index (κ2) is 8.16. The summed E-state index contributed by atoms with van der Waals surface area (Å²) in [6, 6.07) is 7.22. The Hall–Kier alpha value is -2.34. The van der Waals surface area contributed by atoms with Crippen molar-refractivity contribution in [3.63, 3.8) is 0 Å². The fourth-order valence-electron chi connectivity index (χ4n) is 2.82. The van der Waals surface area contributed by atoms with Crippen LogP contribution in [0.4, 0.5) is 10.5 Å². The van der Waals surface area contributed by atoms with Gasteiger partial charge in [-0.2, -0.15) is 11.8 Å². The van der Waals surface area contributed by atoms with Crippen LogP contribution in [0.2, 0.25) is 0 Å². The number of thioether (sulfide) groups is 1. The van der Waals surface area contributed by atoms with E-state index in [1.807, 2.05) is 54.6 Å². The van der Waals surface area contributed by atoms with Crippen LogP contribution in [0.15, 0.2) is 48.6 Å². The van der Waals surface area contributed by atoms with Crippen LogP contribution in [0, 0.1) is 11.8 Å². The third-order valence-electron chi connectivity index (χ3n) is 4.21. The van der Waals surface area contributed by atoms with Crippen molar-refractivity contribution in [1.82, 2.24) is 10.2 Å². The zero-order valence-electron chi connectivity index (χ0n) is 14.1. The molecule has 2 aliphatic rings. The third-order valence-corrected chi connectivity index (χ3v) is 5.16. The number of anilines is 1. The van der Waals surface area contributed by atoms with Crippen molar-refractivity contribution in [2.45, 2.75) is 12.5 Å². The van der Waals surface area contributed by atoms with Gasteiger partial charge in [-0.3, -0.25) is 5.41 Å². The summed E-state index contributed by atoms with van der Waals surface area (Å²) < 4.78 is 0. The molecule has 6 heteroatoms. The SMILES string of the molecule is C=C1C=CC(NC(=O)Nc2cccc(C(=N)N3CCSCC3)c2)C[CH+]1. The van der Waals surface area contributed by atoms with Gasteiger partial charge in [0, 0.05) is 61.3 Å². The fraction of sp³-hybridized carbons (Fsp3) is 0.316. The molecule has 0 bridgehead atoms. The average Bonchev–Trinajstić information content (AvgIpc) is 2.64. The highest BCUT2D eigenvalue weighted by Gasteiger charge is 2.18. The third kappa shape index (κ3) is 4.82. The first-order valence-electron chi connectivity index (χ1n) is 8.41. The van der Waals surface area contributed by atoms with E-state index in [0.29, 0.717) is 11.5 Å². The summed E-state index contributed by atoms with van der Waals surface area (Å²) in [6.45, 7) is 5.66. The number of hydrogen-bond donors (Lipinski definition) is 3. The predicted octanol–water partition coefficient (Wildman–Crippen LogP) is 3.27. The maximum absolute atomic E-state index is 12.2. The first kappa shape index (κ1) is 17.5. The minimum Gasteiger partial charge on any atom is -0.355 e. The number of rotatable bonds is 3. The molecule has 0 radical (unpaired) electrons. The number of benzene rings is 1. The van der Waals surface area contributed by atoms with Gasteiger partial charge in [0.25, 0.3) is 0 Å². The predicted molar refractivity (Wildman–Crippen MR) is 105 cm³/mol. The first-order valence-corrected chi connectivity index (χ1v) is 9.57. The van der Waals surface area contributed by atoms with Gasteiger partial charge in [0.1, 0.15) is 11.4 Å². The molecule has 1 aromatic carbocycles. The van der Waals surface area contributed by atoms with Gasteiger partial charge >= 0.3 is 6.03 Å². The van der Waals surface area contributed by atoms with E-state index < -0.39 is 0 Å². The molecule has 2 amide bonds. The molecule has 0 spiro atoms. The number of allylic oxidation sites excluding steroid dienone is 2. The van der Waals surface area contributed by atoms with Crippen molar-refractivity contribution >= 4 is 29.3 Å². The summed E-state index contributed by atoms with van der Waals surface area (Å²) in [7, 11) is 0. The number of hydrogen-bond acceptors (Lipinski definition) is 3. The molecule has 1 atom stereocenters. The Labute approximate surface area is 153 Å². The molecule has 5 nitrogen and oxygen atoms in total. The van der Waals surface area contributed by atoms with Gasteiger partial charge < -0.3 is 15.5 Å². The normalized spacial score (nSPS) is 19.9. The number of nitrogens with zero attached hydrogens (tertiary/aromatic N) is 1. The lowest BCUT2D eigenvalue weighted by molar-refractivity contribution is 0.250. The fourth-order valence-corrected chi connectivity index (χ4v) is 3.72. The molecule has 130 valence electrons. The van der Waals surface area contributed by atoms with E-state index >= 15 is 0 Å². The van der Waals surface area contributed by atoms with Crippen LogP contribution in [-0.2, 0) is 0 Å². The van der Waals surface area contributed by atoms with E-state index in [1.165, 1.54) is 0 Å². The van der Waals surface area contributed by atoms with Gasteiger partial charge in [0.2, 0.25) is 0 Å². The smallest absolute Gasteiger partial charge is 0.319 e. The minimum absolute atomic E-state index is 0.0159. The topological polar surface area (TPSA) is 68.2 Å². The number of nitrogens with one attached hydrogen (secondary N) is 3. The molecular weight excluding hydrogens is 332 g/mol. The van der Waals surface area contributed by atoms with Gasteiger partial charge in [-0.25, -0.2) is 4.79 Å². The Kier molecular flexibility index (Phi) is 5.71. The Morgan fingerprint density at radius 1 is 1.36 bits per heavy atom. The Morgan fingerprint density at radius 3 is 2.88 bits per heavy atom. The molecular formula is C19H23N4OS+. The van der Waals surface area contributed by atoms with Crippen molar-refractivity contribution in [2.24, 2.45) is 0 Å². The zero-order valence-corrected chi connectivity index (χ0v) is 14.9.